The molecule has 0 unspecified atom stereocenters. The summed E-state index contributed by atoms with van der Waals surface area (Å²) >= 11 is 12.4. The Labute approximate surface area is 212 Å². The molecule has 2 heterocycles. The predicted molar refractivity (Wildman–Crippen MR) is 143 cm³/mol. The molecule has 5 heteroatoms. The van der Waals surface area contributed by atoms with Crippen molar-refractivity contribution < 1.29 is 5.11 Å². The molecule has 0 radical (unpaired) electrons. The first-order valence-corrected chi connectivity index (χ1v) is 12.0. The predicted octanol–water partition coefficient (Wildman–Crippen LogP) is 7.75. The minimum Gasteiger partial charge on any atom is -0.374 e. The molecular formula is C30H20Cl2N2O. The fourth-order valence-corrected chi connectivity index (χ4v) is 4.91. The van der Waals surface area contributed by atoms with E-state index >= 15 is 0 Å². The van der Waals surface area contributed by atoms with Crippen molar-refractivity contribution in [3.8, 4) is 11.4 Å². The van der Waals surface area contributed by atoms with Crippen LogP contribution in [0.2, 0.25) is 10.0 Å². The van der Waals surface area contributed by atoms with E-state index in [0.29, 0.717) is 26.9 Å². The van der Waals surface area contributed by atoms with Crippen LogP contribution in [0.3, 0.4) is 0 Å². The number of hydrogen-bond donors (Lipinski definition) is 1. The fraction of sp³-hybridized carbons (Fsp3) is 0.0333. The van der Waals surface area contributed by atoms with Crippen LogP contribution in [0.15, 0.2) is 115 Å². The van der Waals surface area contributed by atoms with E-state index in [2.05, 4.69) is 30.3 Å². The largest absolute Gasteiger partial charge is 0.374 e. The molecule has 6 rings (SSSR count). The standard InChI is InChI=1S/C30H20Cl2N2O/c31-25-14-10-23(11-15-25)30(35,24-12-16-26(32)17-13-24)28-27-7-3-4-18-34(27)29(33-28)22-9-8-20-5-1-2-6-21(20)19-22/h1-19,35H. The van der Waals surface area contributed by atoms with Crippen molar-refractivity contribution in [1.29, 1.82) is 0 Å². The third-order valence-electron chi connectivity index (χ3n) is 6.42. The third-order valence-corrected chi connectivity index (χ3v) is 6.93. The van der Waals surface area contributed by atoms with Crippen LogP contribution in [-0.4, -0.2) is 14.5 Å². The van der Waals surface area contributed by atoms with Gasteiger partial charge in [-0.3, -0.25) is 4.40 Å². The molecule has 0 saturated carbocycles. The summed E-state index contributed by atoms with van der Waals surface area (Å²) < 4.78 is 2.02. The summed E-state index contributed by atoms with van der Waals surface area (Å²) in [5, 5.41) is 16.0. The van der Waals surface area contributed by atoms with E-state index in [0.717, 1.165) is 27.7 Å². The number of imidazole rings is 1. The molecule has 0 bridgehead atoms. The van der Waals surface area contributed by atoms with Crippen LogP contribution in [0, 0.1) is 0 Å². The maximum atomic E-state index is 12.5. The molecule has 0 fully saturated rings. The number of aromatic nitrogens is 2. The molecule has 0 aliphatic heterocycles. The third kappa shape index (κ3) is 3.69. The molecule has 170 valence electrons. The van der Waals surface area contributed by atoms with Gasteiger partial charge in [-0.05, 0) is 64.4 Å². The van der Waals surface area contributed by atoms with Crippen LogP contribution in [0.4, 0.5) is 0 Å². The summed E-state index contributed by atoms with van der Waals surface area (Å²) in [4.78, 5) is 5.08. The van der Waals surface area contributed by atoms with Crippen molar-refractivity contribution in [2.45, 2.75) is 5.60 Å². The van der Waals surface area contributed by atoms with Gasteiger partial charge in [-0.15, -0.1) is 0 Å². The van der Waals surface area contributed by atoms with Gasteiger partial charge in [-0.1, -0.05) is 89.9 Å². The van der Waals surface area contributed by atoms with Gasteiger partial charge in [0, 0.05) is 21.8 Å². The van der Waals surface area contributed by atoms with Crippen molar-refractivity contribution in [2.24, 2.45) is 0 Å². The van der Waals surface area contributed by atoms with Gasteiger partial charge in [0.25, 0.3) is 0 Å². The average molecular weight is 495 g/mol. The van der Waals surface area contributed by atoms with E-state index in [-0.39, 0.29) is 0 Å². The van der Waals surface area contributed by atoms with Gasteiger partial charge in [0.1, 0.15) is 11.5 Å². The molecule has 0 spiro atoms. The quantitative estimate of drug-likeness (QED) is 0.272. The minimum absolute atomic E-state index is 0.533. The maximum Gasteiger partial charge on any atom is 0.159 e. The number of nitrogens with zero attached hydrogens (tertiary/aromatic N) is 2. The Morgan fingerprint density at radius 1 is 0.657 bits per heavy atom. The summed E-state index contributed by atoms with van der Waals surface area (Å²) in [6.45, 7) is 0. The monoisotopic (exact) mass is 494 g/mol. The van der Waals surface area contributed by atoms with Crippen molar-refractivity contribution >= 4 is 39.5 Å². The molecule has 1 N–H and O–H groups in total. The van der Waals surface area contributed by atoms with Crippen molar-refractivity contribution in [1.82, 2.24) is 9.38 Å². The van der Waals surface area contributed by atoms with Crippen LogP contribution < -0.4 is 0 Å². The van der Waals surface area contributed by atoms with Crippen LogP contribution in [0.1, 0.15) is 16.8 Å². The van der Waals surface area contributed by atoms with Gasteiger partial charge in [-0.25, -0.2) is 4.98 Å². The second-order valence-electron chi connectivity index (χ2n) is 8.53. The van der Waals surface area contributed by atoms with Gasteiger partial charge in [0.05, 0.1) is 5.52 Å². The second-order valence-corrected chi connectivity index (χ2v) is 9.40. The van der Waals surface area contributed by atoms with E-state index in [1.54, 1.807) is 24.3 Å². The molecule has 0 atom stereocenters. The number of rotatable bonds is 4. The fourth-order valence-electron chi connectivity index (χ4n) is 4.66. The van der Waals surface area contributed by atoms with Crippen molar-refractivity contribution in [3.63, 3.8) is 0 Å². The topological polar surface area (TPSA) is 37.5 Å². The first-order valence-electron chi connectivity index (χ1n) is 11.3. The van der Waals surface area contributed by atoms with Crippen LogP contribution >= 0.6 is 23.2 Å². The van der Waals surface area contributed by atoms with E-state index in [9.17, 15) is 5.11 Å². The van der Waals surface area contributed by atoms with Crippen molar-refractivity contribution in [3.05, 3.63) is 142 Å². The zero-order valence-corrected chi connectivity index (χ0v) is 20.1. The Morgan fingerprint density at radius 2 is 1.26 bits per heavy atom. The summed E-state index contributed by atoms with van der Waals surface area (Å²) in [6, 6.07) is 34.9. The van der Waals surface area contributed by atoms with Crippen molar-refractivity contribution in [2.75, 3.05) is 0 Å². The lowest BCUT2D eigenvalue weighted by Crippen LogP contribution is -2.29. The second kappa shape index (κ2) is 8.54. The number of hydrogen-bond acceptors (Lipinski definition) is 2. The summed E-state index contributed by atoms with van der Waals surface area (Å²) in [5.41, 5.74) is 2.10. The van der Waals surface area contributed by atoms with Gasteiger partial charge in [-0.2, -0.15) is 0 Å². The Kier molecular flexibility index (Phi) is 5.34. The first kappa shape index (κ1) is 21.9. The summed E-state index contributed by atoms with van der Waals surface area (Å²) in [7, 11) is 0. The molecule has 2 aromatic heterocycles. The van der Waals surface area contributed by atoms with Crippen LogP contribution in [0.25, 0.3) is 27.7 Å². The van der Waals surface area contributed by atoms with E-state index in [4.69, 9.17) is 28.2 Å². The lowest BCUT2D eigenvalue weighted by molar-refractivity contribution is 0.123. The molecule has 6 aromatic rings. The Balaban J connectivity index is 1.64. The number of benzene rings is 4. The van der Waals surface area contributed by atoms with Gasteiger partial charge in [0.15, 0.2) is 5.60 Å². The molecular weight excluding hydrogens is 475 g/mol. The molecule has 3 nitrogen and oxygen atoms in total. The lowest BCUT2D eigenvalue weighted by Gasteiger charge is -2.28. The zero-order valence-electron chi connectivity index (χ0n) is 18.6. The zero-order chi connectivity index (χ0) is 24.0. The molecule has 0 aliphatic rings. The number of pyridine rings is 1. The lowest BCUT2D eigenvalue weighted by atomic mass is 9.83. The van der Waals surface area contributed by atoms with Gasteiger partial charge >= 0.3 is 0 Å². The molecule has 0 saturated heterocycles. The first-order chi connectivity index (χ1) is 17.0. The van der Waals surface area contributed by atoms with Gasteiger partial charge in [0.2, 0.25) is 0 Å². The number of aliphatic hydroxyl groups is 1. The molecule has 0 amide bonds. The number of halogens is 2. The van der Waals surface area contributed by atoms with E-state index < -0.39 is 5.60 Å². The maximum absolute atomic E-state index is 12.5. The number of fused-ring (bicyclic) bond motifs is 2. The minimum atomic E-state index is -1.53. The molecule has 4 aromatic carbocycles. The highest BCUT2D eigenvalue weighted by Gasteiger charge is 2.38. The highest BCUT2D eigenvalue weighted by molar-refractivity contribution is 6.30. The van der Waals surface area contributed by atoms with Crippen LogP contribution in [-0.2, 0) is 5.60 Å². The van der Waals surface area contributed by atoms with Crippen LogP contribution in [0.5, 0.6) is 0 Å². The van der Waals surface area contributed by atoms with Gasteiger partial charge < -0.3 is 5.11 Å². The summed E-state index contributed by atoms with van der Waals surface area (Å²) in [5.74, 6) is 0.753. The Bertz CT molecular complexity index is 1630. The van der Waals surface area contributed by atoms with E-state index in [1.807, 2.05) is 65.2 Å². The molecule has 0 aliphatic carbocycles. The summed E-state index contributed by atoms with van der Waals surface area (Å²) in [6.07, 6.45) is 1.97. The Hall–Kier alpha value is -3.63. The highest BCUT2D eigenvalue weighted by Crippen LogP contribution is 2.40. The normalized spacial score (nSPS) is 11.9. The highest BCUT2D eigenvalue weighted by atomic mass is 35.5. The van der Waals surface area contributed by atoms with E-state index in [1.165, 1.54) is 0 Å². The smallest absolute Gasteiger partial charge is 0.159 e. The Morgan fingerprint density at radius 3 is 1.91 bits per heavy atom. The average Bonchev–Trinajstić information content (AvgIpc) is 3.29. The molecule has 35 heavy (non-hydrogen) atoms. The SMILES string of the molecule is OC(c1ccc(Cl)cc1)(c1ccc(Cl)cc1)c1nc(-c2ccc3ccccc3c2)n2ccccc12.